The van der Waals surface area contributed by atoms with Crippen LogP contribution in [0.15, 0.2) is 18.2 Å². The van der Waals surface area contributed by atoms with E-state index in [9.17, 15) is 0 Å². The number of nitrogens with one attached hydrogen (secondary N) is 2. The summed E-state index contributed by atoms with van der Waals surface area (Å²) in [6, 6.07) is 5.95. The summed E-state index contributed by atoms with van der Waals surface area (Å²) < 4.78 is 10.5. The van der Waals surface area contributed by atoms with Gasteiger partial charge in [0.05, 0.1) is 14.2 Å². The van der Waals surface area contributed by atoms with Crippen LogP contribution in [0.1, 0.15) is 19.4 Å². The molecular formula is C15H24N2O2S. The molecule has 0 bridgehead atoms. The summed E-state index contributed by atoms with van der Waals surface area (Å²) in [5.41, 5.74) is 1.18. The number of benzene rings is 1. The highest BCUT2D eigenvalue weighted by atomic mass is 32.1. The van der Waals surface area contributed by atoms with Gasteiger partial charge in [-0.15, -0.1) is 0 Å². The molecule has 0 aliphatic rings. The lowest BCUT2D eigenvalue weighted by Gasteiger charge is -2.13. The summed E-state index contributed by atoms with van der Waals surface area (Å²) in [5.74, 6) is 2.09. The van der Waals surface area contributed by atoms with Crippen molar-refractivity contribution in [3.05, 3.63) is 23.8 Å². The molecule has 0 saturated heterocycles. The molecule has 0 atom stereocenters. The third-order valence-corrected chi connectivity index (χ3v) is 3.11. The first-order chi connectivity index (χ1) is 9.56. The van der Waals surface area contributed by atoms with Crippen LogP contribution < -0.4 is 20.1 Å². The average molecular weight is 296 g/mol. The minimum absolute atomic E-state index is 0.584. The lowest BCUT2D eigenvalue weighted by Crippen LogP contribution is -2.38. The van der Waals surface area contributed by atoms with Gasteiger partial charge in [0, 0.05) is 13.1 Å². The fourth-order valence-corrected chi connectivity index (χ4v) is 1.90. The number of hydrogen-bond donors (Lipinski definition) is 2. The second kappa shape index (κ2) is 8.64. The molecule has 0 aliphatic carbocycles. The molecule has 0 fully saturated rings. The Hall–Kier alpha value is -1.49. The molecule has 112 valence electrons. The van der Waals surface area contributed by atoms with Crippen LogP contribution in [0.25, 0.3) is 0 Å². The maximum absolute atomic E-state index is 5.29. The smallest absolute Gasteiger partial charge is 0.166 e. The molecule has 4 nitrogen and oxygen atoms in total. The molecule has 0 amide bonds. The first-order valence-electron chi connectivity index (χ1n) is 6.79. The lowest BCUT2D eigenvalue weighted by molar-refractivity contribution is 0.354. The molecule has 0 saturated carbocycles. The first kappa shape index (κ1) is 16.6. The van der Waals surface area contributed by atoms with Crippen LogP contribution in [0.3, 0.4) is 0 Å². The SMILES string of the molecule is COc1ccc(CCNC(=S)NCC(C)C)cc1OC. The molecule has 20 heavy (non-hydrogen) atoms. The van der Waals surface area contributed by atoms with Gasteiger partial charge in [0.2, 0.25) is 0 Å². The van der Waals surface area contributed by atoms with Gasteiger partial charge in [-0.3, -0.25) is 0 Å². The van der Waals surface area contributed by atoms with Crippen molar-refractivity contribution in [1.82, 2.24) is 10.6 Å². The Morgan fingerprint density at radius 1 is 1.15 bits per heavy atom. The zero-order chi connectivity index (χ0) is 15.0. The number of thiocarbonyl (C=S) groups is 1. The maximum atomic E-state index is 5.29. The van der Waals surface area contributed by atoms with Crippen molar-refractivity contribution in [3.63, 3.8) is 0 Å². The second-order valence-electron chi connectivity index (χ2n) is 4.97. The summed E-state index contributed by atoms with van der Waals surface area (Å²) >= 11 is 5.21. The molecule has 0 aliphatic heterocycles. The molecule has 5 heteroatoms. The summed E-state index contributed by atoms with van der Waals surface area (Å²) in [5, 5.41) is 7.09. The van der Waals surface area contributed by atoms with Gasteiger partial charge >= 0.3 is 0 Å². The van der Waals surface area contributed by atoms with Gasteiger partial charge in [0.1, 0.15) is 0 Å². The van der Waals surface area contributed by atoms with Crippen LogP contribution in [-0.4, -0.2) is 32.4 Å². The molecule has 2 N–H and O–H groups in total. The van der Waals surface area contributed by atoms with Gasteiger partial charge < -0.3 is 20.1 Å². The second-order valence-corrected chi connectivity index (χ2v) is 5.38. The van der Waals surface area contributed by atoms with E-state index in [1.54, 1.807) is 14.2 Å². The number of ether oxygens (including phenoxy) is 2. The van der Waals surface area contributed by atoms with Crippen molar-refractivity contribution in [1.29, 1.82) is 0 Å². The van der Waals surface area contributed by atoms with E-state index < -0.39 is 0 Å². The van der Waals surface area contributed by atoms with Crippen LogP contribution in [-0.2, 0) is 6.42 Å². The molecule has 0 aromatic heterocycles. The maximum Gasteiger partial charge on any atom is 0.166 e. The fourth-order valence-electron chi connectivity index (χ4n) is 1.72. The number of hydrogen-bond acceptors (Lipinski definition) is 3. The molecule has 1 aromatic carbocycles. The molecule has 1 aromatic rings. The van der Waals surface area contributed by atoms with E-state index in [0.717, 1.165) is 31.0 Å². The molecule has 0 heterocycles. The van der Waals surface area contributed by atoms with Crippen LogP contribution in [0.2, 0.25) is 0 Å². The fraction of sp³-hybridized carbons (Fsp3) is 0.533. The Labute approximate surface area is 126 Å². The minimum atomic E-state index is 0.584. The summed E-state index contributed by atoms with van der Waals surface area (Å²) in [6.07, 6.45) is 0.879. The van der Waals surface area contributed by atoms with E-state index in [0.29, 0.717) is 11.0 Å². The van der Waals surface area contributed by atoms with Crippen molar-refractivity contribution in [2.24, 2.45) is 5.92 Å². The molecular weight excluding hydrogens is 272 g/mol. The third-order valence-electron chi connectivity index (χ3n) is 2.82. The normalized spacial score (nSPS) is 10.2. The highest BCUT2D eigenvalue weighted by Gasteiger charge is 2.04. The van der Waals surface area contributed by atoms with E-state index in [1.165, 1.54) is 5.56 Å². The van der Waals surface area contributed by atoms with Crippen molar-refractivity contribution in [3.8, 4) is 11.5 Å². The van der Waals surface area contributed by atoms with E-state index in [2.05, 4.69) is 24.5 Å². The third kappa shape index (κ3) is 5.65. The summed E-state index contributed by atoms with van der Waals surface area (Å²) in [6.45, 7) is 5.99. The van der Waals surface area contributed by atoms with Crippen molar-refractivity contribution < 1.29 is 9.47 Å². The van der Waals surface area contributed by atoms with Gasteiger partial charge in [-0.05, 0) is 42.3 Å². The van der Waals surface area contributed by atoms with Crippen molar-refractivity contribution >= 4 is 17.3 Å². The zero-order valence-electron chi connectivity index (χ0n) is 12.7. The van der Waals surface area contributed by atoms with E-state index in [-0.39, 0.29) is 0 Å². The number of methoxy groups -OCH3 is 2. The number of rotatable bonds is 7. The van der Waals surface area contributed by atoms with Gasteiger partial charge in [0.25, 0.3) is 0 Å². The minimum Gasteiger partial charge on any atom is -0.493 e. The quantitative estimate of drug-likeness (QED) is 0.756. The average Bonchev–Trinajstić information content (AvgIpc) is 2.44. The summed E-state index contributed by atoms with van der Waals surface area (Å²) in [7, 11) is 3.28. The van der Waals surface area contributed by atoms with Crippen LogP contribution >= 0.6 is 12.2 Å². The standard InChI is InChI=1S/C15H24N2O2S/c1-11(2)10-17-15(20)16-8-7-12-5-6-13(18-3)14(9-12)19-4/h5-6,9,11H,7-8,10H2,1-4H3,(H2,16,17,20). The Balaban J connectivity index is 2.40. The van der Waals surface area contributed by atoms with Gasteiger partial charge in [-0.2, -0.15) is 0 Å². The Kier molecular flexibility index (Phi) is 7.15. The van der Waals surface area contributed by atoms with E-state index in [4.69, 9.17) is 21.7 Å². The van der Waals surface area contributed by atoms with Crippen LogP contribution in [0.5, 0.6) is 11.5 Å². The highest BCUT2D eigenvalue weighted by molar-refractivity contribution is 7.80. The van der Waals surface area contributed by atoms with Crippen molar-refractivity contribution in [2.45, 2.75) is 20.3 Å². The topological polar surface area (TPSA) is 42.5 Å². The van der Waals surface area contributed by atoms with Gasteiger partial charge in [0.15, 0.2) is 16.6 Å². The highest BCUT2D eigenvalue weighted by Crippen LogP contribution is 2.27. The Bertz CT molecular complexity index is 436. The first-order valence-corrected chi connectivity index (χ1v) is 7.20. The largest absolute Gasteiger partial charge is 0.493 e. The van der Waals surface area contributed by atoms with E-state index in [1.807, 2.05) is 18.2 Å². The van der Waals surface area contributed by atoms with E-state index >= 15 is 0 Å². The Morgan fingerprint density at radius 3 is 2.45 bits per heavy atom. The Morgan fingerprint density at radius 2 is 1.85 bits per heavy atom. The molecule has 1 rings (SSSR count). The summed E-state index contributed by atoms with van der Waals surface area (Å²) in [4.78, 5) is 0. The molecule has 0 unspecified atom stereocenters. The molecule has 0 spiro atoms. The predicted octanol–water partition coefficient (Wildman–Crippen LogP) is 2.37. The lowest BCUT2D eigenvalue weighted by atomic mass is 10.1. The predicted molar refractivity (Wildman–Crippen MR) is 86.7 cm³/mol. The van der Waals surface area contributed by atoms with Crippen LogP contribution in [0, 0.1) is 5.92 Å². The van der Waals surface area contributed by atoms with Gasteiger partial charge in [-0.25, -0.2) is 0 Å². The zero-order valence-corrected chi connectivity index (χ0v) is 13.5. The van der Waals surface area contributed by atoms with Crippen molar-refractivity contribution in [2.75, 3.05) is 27.3 Å². The van der Waals surface area contributed by atoms with Gasteiger partial charge in [-0.1, -0.05) is 19.9 Å². The monoisotopic (exact) mass is 296 g/mol. The van der Waals surface area contributed by atoms with Crippen LogP contribution in [0.4, 0.5) is 0 Å². The molecule has 0 radical (unpaired) electrons.